The number of sulfone groups is 1. The highest BCUT2D eigenvalue weighted by Gasteiger charge is 2.30. The van der Waals surface area contributed by atoms with Crippen molar-refractivity contribution in [3.8, 4) is 0 Å². The minimum atomic E-state index is -4.56. The molecule has 0 radical (unpaired) electrons. The second-order valence-electron chi connectivity index (χ2n) is 7.87. The fourth-order valence-electron chi connectivity index (χ4n) is 3.97. The summed E-state index contributed by atoms with van der Waals surface area (Å²) in [6.07, 6.45) is -3.08. The molecule has 7 nitrogen and oxygen atoms in total. The van der Waals surface area contributed by atoms with Gasteiger partial charge in [0, 0.05) is 18.5 Å². The molecule has 0 unspecified atom stereocenters. The van der Waals surface area contributed by atoms with E-state index in [2.05, 4.69) is 4.98 Å². The van der Waals surface area contributed by atoms with Crippen molar-refractivity contribution in [3.63, 3.8) is 0 Å². The predicted octanol–water partition coefficient (Wildman–Crippen LogP) is 3.85. The molecule has 0 atom stereocenters. The predicted molar refractivity (Wildman–Crippen MR) is 120 cm³/mol. The molecule has 176 valence electrons. The zero-order chi connectivity index (χ0) is 24.0. The molecule has 4 aromatic rings. The summed E-state index contributed by atoms with van der Waals surface area (Å²) in [5, 5.41) is 0.265. The van der Waals surface area contributed by atoms with Crippen LogP contribution in [0.15, 0.2) is 47.3 Å². The van der Waals surface area contributed by atoms with Crippen LogP contribution in [0.2, 0.25) is 5.15 Å². The molecule has 33 heavy (non-hydrogen) atoms. The van der Waals surface area contributed by atoms with Crippen molar-refractivity contribution in [3.05, 3.63) is 63.8 Å². The summed E-state index contributed by atoms with van der Waals surface area (Å²) < 4.78 is 66.3. The average Bonchev–Trinajstić information content (AvgIpc) is 3.16. The van der Waals surface area contributed by atoms with Crippen molar-refractivity contribution in [2.24, 2.45) is 0 Å². The maximum atomic E-state index is 13.1. The molecule has 1 aromatic carbocycles. The number of hydrogen-bond acceptors (Lipinski definition) is 4. The molecule has 3 heterocycles. The molecule has 3 aromatic heterocycles. The number of halogens is 4. The Morgan fingerprint density at radius 3 is 2.30 bits per heavy atom. The van der Waals surface area contributed by atoms with Crippen LogP contribution in [0.5, 0.6) is 0 Å². The first-order chi connectivity index (χ1) is 15.4. The maximum Gasteiger partial charge on any atom is 0.406 e. The van der Waals surface area contributed by atoms with Gasteiger partial charge in [-0.2, -0.15) is 13.2 Å². The first kappa shape index (κ1) is 23.4. The molecule has 0 amide bonds. The van der Waals surface area contributed by atoms with Crippen LogP contribution in [0, 0.1) is 0 Å². The number of fused-ring (bicyclic) bond motifs is 2. The largest absolute Gasteiger partial charge is 0.406 e. The quantitative estimate of drug-likeness (QED) is 0.361. The minimum Gasteiger partial charge on any atom is -0.342 e. The number of hydrogen-bond donors (Lipinski definition) is 0. The minimum absolute atomic E-state index is 0.0168. The Labute approximate surface area is 191 Å². The van der Waals surface area contributed by atoms with Crippen molar-refractivity contribution < 1.29 is 21.6 Å². The van der Waals surface area contributed by atoms with Crippen LogP contribution in [-0.2, 0) is 29.5 Å². The average molecular weight is 501 g/mol. The van der Waals surface area contributed by atoms with Gasteiger partial charge in [0.15, 0.2) is 0 Å². The molecular weight excluding hydrogens is 481 g/mol. The van der Waals surface area contributed by atoms with Crippen molar-refractivity contribution >= 4 is 43.5 Å². The Hall–Kier alpha value is -2.79. The van der Waals surface area contributed by atoms with Gasteiger partial charge in [-0.15, -0.1) is 0 Å². The monoisotopic (exact) mass is 500 g/mol. The smallest absolute Gasteiger partial charge is 0.342 e. The summed E-state index contributed by atoms with van der Waals surface area (Å²) >= 11 is 6.01. The van der Waals surface area contributed by atoms with Crippen molar-refractivity contribution in [2.45, 2.75) is 32.2 Å². The lowest BCUT2D eigenvalue weighted by molar-refractivity contribution is -0.140. The van der Waals surface area contributed by atoms with Gasteiger partial charge >= 0.3 is 11.9 Å². The van der Waals surface area contributed by atoms with Crippen LogP contribution in [0.25, 0.3) is 22.1 Å². The van der Waals surface area contributed by atoms with E-state index in [-0.39, 0.29) is 23.0 Å². The summed E-state index contributed by atoms with van der Waals surface area (Å²) in [6, 6.07) is 11.3. The molecule has 0 aliphatic carbocycles. The van der Waals surface area contributed by atoms with Gasteiger partial charge in [-0.05, 0) is 36.8 Å². The summed E-state index contributed by atoms with van der Waals surface area (Å²) in [6.45, 7) is -1.09. The topological polar surface area (TPSA) is 78.9 Å². The Balaban J connectivity index is 1.81. The number of aryl methyl sites for hydroxylation is 1. The van der Waals surface area contributed by atoms with Crippen molar-refractivity contribution in [1.29, 1.82) is 0 Å². The first-order valence-electron chi connectivity index (χ1n) is 10.0. The third-order valence-electron chi connectivity index (χ3n) is 5.29. The van der Waals surface area contributed by atoms with Crippen LogP contribution >= 0.6 is 11.6 Å². The van der Waals surface area contributed by atoms with Gasteiger partial charge in [0.05, 0.1) is 34.4 Å². The van der Waals surface area contributed by atoms with Crippen molar-refractivity contribution in [1.82, 2.24) is 18.7 Å². The number of aromatic nitrogens is 4. The van der Waals surface area contributed by atoms with Crippen LogP contribution in [0.1, 0.15) is 12.1 Å². The zero-order valence-electron chi connectivity index (χ0n) is 17.5. The molecule has 0 saturated carbocycles. The Kier molecular flexibility index (Phi) is 6.04. The van der Waals surface area contributed by atoms with Gasteiger partial charge in [-0.1, -0.05) is 23.7 Å². The van der Waals surface area contributed by atoms with Crippen LogP contribution in [0.3, 0.4) is 0 Å². The fraction of sp³-hybridized carbons (Fsp3) is 0.333. The molecule has 12 heteroatoms. The lowest BCUT2D eigenvalue weighted by Gasteiger charge is -2.11. The number of pyridine rings is 1. The Morgan fingerprint density at radius 1 is 1.00 bits per heavy atom. The van der Waals surface area contributed by atoms with Crippen molar-refractivity contribution in [2.75, 3.05) is 12.0 Å². The normalized spacial score (nSPS) is 12.8. The van der Waals surface area contributed by atoms with Gasteiger partial charge in [-0.25, -0.2) is 18.2 Å². The van der Waals surface area contributed by atoms with E-state index in [0.29, 0.717) is 39.8 Å². The lowest BCUT2D eigenvalue weighted by atomic mass is 10.3. The number of para-hydroxylation sites is 2. The van der Waals surface area contributed by atoms with E-state index >= 15 is 0 Å². The third kappa shape index (κ3) is 5.09. The highest BCUT2D eigenvalue weighted by molar-refractivity contribution is 7.90. The van der Waals surface area contributed by atoms with E-state index in [1.165, 1.54) is 10.6 Å². The third-order valence-corrected chi connectivity index (χ3v) is 6.53. The molecular formula is C21H20ClF3N4O3S. The van der Waals surface area contributed by atoms with E-state index in [0.717, 1.165) is 6.26 Å². The summed E-state index contributed by atoms with van der Waals surface area (Å²) in [5.41, 5.74) is 1.60. The lowest BCUT2D eigenvalue weighted by Crippen LogP contribution is -2.30. The van der Waals surface area contributed by atoms with E-state index in [9.17, 15) is 26.4 Å². The van der Waals surface area contributed by atoms with Crippen LogP contribution in [-0.4, -0.2) is 45.3 Å². The molecule has 0 N–H and O–H groups in total. The number of benzene rings is 1. The molecule has 0 spiro atoms. The molecule has 0 aliphatic rings. The molecule has 0 bridgehead atoms. The van der Waals surface area contributed by atoms with Gasteiger partial charge in [-0.3, -0.25) is 9.13 Å². The Bertz CT molecular complexity index is 1500. The zero-order valence-corrected chi connectivity index (χ0v) is 19.1. The molecule has 0 aliphatic heterocycles. The number of imidazole rings is 1. The number of rotatable bonds is 7. The molecule has 4 rings (SSSR count). The maximum absolute atomic E-state index is 13.1. The van der Waals surface area contributed by atoms with Gasteiger partial charge in [0.2, 0.25) is 0 Å². The molecule has 0 saturated heterocycles. The highest BCUT2D eigenvalue weighted by atomic mass is 35.5. The second kappa shape index (κ2) is 8.53. The molecule has 0 fully saturated rings. The number of nitrogens with zero attached hydrogens (tertiary/aromatic N) is 4. The number of alkyl halides is 3. The van der Waals surface area contributed by atoms with Crippen LogP contribution < -0.4 is 5.69 Å². The highest BCUT2D eigenvalue weighted by Crippen LogP contribution is 2.24. The second-order valence-corrected chi connectivity index (χ2v) is 10.5. The fourth-order valence-corrected chi connectivity index (χ4v) is 4.77. The van der Waals surface area contributed by atoms with Gasteiger partial charge in [0.1, 0.15) is 21.5 Å². The first-order valence-corrected chi connectivity index (χ1v) is 12.4. The van der Waals surface area contributed by atoms with E-state index in [4.69, 9.17) is 11.6 Å². The summed E-state index contributed by atoms with van der Waals surface area (Å²) in [7, 11) is -3.17. The van der Waals surface area contributed by atoms with E-state index < -0.39 is 28.2 Å². The Morgan fingerprint density at radius 2 is 1.67 bits per heavy atom. The van der Waals surface area contributed by atoms with Crippen LogP contribution in [0.4, 0.5) is 13.2 Å². The van der Waals surface area contributed by atoms with Gasteiger partial charge in [0.25, 0.3) is 0 Å². The summed E-state index contributed by atoms with van der Waals surface area (Å²) in [4.78, 5) is 17.3. The summed E-state index contributed by atoms with van der Waals surface area (Å²) in [5.74, 6) is -0.0298. The SMILES string of the molecule is CS(=O)(=O)CCCn1c(Cn2c(=O)n(CC(F)(F)F)c3ccccc32)cc2nc(Cl)ccc21. The van der Waals surface area contributed by atoms with E-state index in [1.807, 2.05) is 4.57 Å². The van der Waals surface area contributed by atoms with Gasteiger partial charge < -0.3 is 4.57 Å². The van der Waals surface area contributed by atoms with E-state index in [1.54, 1.807) is 36.4 Å². The standard InChI is InChI=1S/C21H20ClF3N4O3S/c1-33(31,32)10-4-9-27-14(11-15-16(27)7-8-19(22)26-15)12-28-17-5-2-3-6-18(17)29(20(28)30)13-21(23,24)25/h2-3,5-8,11H,4,9-10,12-13H2,1H3.